The number of hydrogen-bond donors (Lipinski definition) is 0. The van der Waals surface area contributed by atoms with Crippen LogP contribution in [0.1, 0.15) is 90.7 Å². The van der Waals surface area contributed by atoms with Crippen molar-refractivity contribution in [3.05, 3.63) is 84.0 Å². The molecule has 0 N–H and O–H groups in total. The summed E-state index contributed by atoms with van der Waals surface area (Å²) in [6, 6.07) is 12.0. The van der Waals surface area contributed by atoms with Crippen LogP contribution in [0, 0.1) is 23.7 Å². The Hall–Kier alpha value is -4.31. The second-order valence-corrected chi connectivity index (χ2v) is 14.0. The largest absolute Gasteiger partial charge is 0.342 e. The Morgan fingerprint density at radius 3 is 2.02 bits per heavy atom. The van der Waals surface area contributed by atoms with E-state index in [1.165, 1.54) is 31.4 Å². The molecule has 7 rings (SSSR count). The number of para-hydroxylation sites is 2. The first-order valence-corrected chi connectivity index (χ1v) is 19.7. The molecule has 0 radical (unpaired) electrons. The van der Waals surface area contributed by atoms with Crippen LogP contribution in [0.5, 0.6) is 0 Å². The Morgan fingerprint density at radius 2 is 1.44 bits per heavy atom. The van der Waals surface area contributed by atoms with E-state index in [9.17, 15) is 19.2 Å². The molecule has 1 aromatic carbocycles. The first-order chi connectivity index (χ1) is 25.4. The summed E-state index contributed by atoms with van der Waals surface area (Å²) in [6.07, 6.45) is 12.7. The molecule has 10 nitrogen and oxygen atoms in total. The van der Waals surface area contributed by atoms with Crippen LogP contribution >= 0.6 is 0 Å². The number of imidazole rings is 1. The van der Waals surface area contributed by atoms with Gasteiger partial charge in [0.2, 0.25) is 17.7 Å². The Labute approximate surface area is 309 Å². The number of amides is 3. The van der Waals surface area contributed by atoms with Crippen LogP contribution in [-0.2, 0) is 27.5 Å². The smallest absolute Gasteiger partial charge is 0.329 e. The van der Waals surface area contributed by atoms with E-state index < -0.39 is 11.8 Å². The summed E-state index contributed by atoms with van der Waals surface area (Å²) in [5.41, 5.74) is 3.09. The highest BCUT2D eigenvalue weighted by atomic mass is 16.2. The second kappa shape index (κ2) is 17.9. The van der Waals surface area contributed by atoms with E-state index in [1.807, 2.05) is 59.9 Å². The highest BCUT2D eigenvalue weighted by Gasteiger charge is 2.46. The van der Waals surface area contributed by atoms with Gasteiger partial charge in [-0.2, -0.15) is 0 Å². The molecule has 0 spiro atoms. The highest BCUT2D eigenvalue weighted by Crippen LogP contribution is 2.33. The Bertz CT molecular complexity index is 1750. The molecule has 2 unspecified atom stereocenters. The van der Waals surface area contributed by atoms with Crippen molar-refractivity contribution >= 4 is 34.6 Å². The van der Waals surface area contributed by atoms with E-state index in [0.29, 0.717) is 25.5 Å². The van der Waals surface area contributed by atoms with Gasteiger partial charge in [0.25, 0.3) is 0 Å². The third-order valence-electron chi connectivity index (χ3n) is 11.3. The molecule has 3 aliphatic heterocycles. The average molecular weight is 711 g/mol. The van der Waals surface area contributed by atoms with Gasteiger partial charge in [-0.25, -0.2) is 14.7 Å². The van der Waals surface area contributed by atoms with Gasteiger partial charge >= 0.3 is 5.69 Å². The Kier molecular flexibility index (Phi) is 13.4. The summed E-state index contributed by atoms with van der Waals surface area (Å²) in [5, 5.41) is 0. The number of carbonyl (C=O) groups excluding carboxylic acids is 3. The summed E-state index contributed by atoms with van der Waals surface area (Å²) in [5.74, 6) is -0.607. The predicted octanol–water partition coefficient (Wildman–Crippen LogP) is 6.99. The fourth-order valence-electron chi connectivity index (χ4n) is 8.21. The molecule has 3 aromatic rings. The number of rotatable bonds is 10. The lowest BCUT2D eigenvalue weighted by molar-refractivity contribution is -0.138. The van der Waals surface area contributed by atoms with Crippen molar-refractivity contribution in [1.82, 2.24) is 23.9 Å². The van der Waals surface area contributed by atoms with E-state index in [2.05, 4.69) is 35.2 Å². The van der Waals surface area contributed by atoms with Crippen LogP contribution < -0.4 is 10.6 Å². The topological polar surface area (TPSA) is 101 Å². The number of aromatic nitrogens is 3. The molecule has 2 aromatic heterocycles. The van der Waals surface area contributed by atoms with Crippen molar-refractivity contribution in [1.29, 1.82) is 0 Å². The molecule has 10 heteroatoms. The number of fused-ring (bicyclic) bond motifs is 1. The first-order valence-electron chi connectivity index (χ1n) is 19.7. The third kappa shape index (κ3) is 7.87. The maximum atomic E-state index is 13.7. The summed E-state index contributed by atoms with van der Waals surface area (Å²) in [4.78, 5) is 63.0. The number of imide groups is 1. The molecular formula is C42H58N6O4. The fraction of sp³-hybridized carbons (Fsp3) is 0.548. The van der Waals surface area contributed by atoms with Crippen LogP contribution in [-0.4, -0.2) is 67.8 Å². The van der Waals surface area contributed by atoms with Crippen LogP contribution in [0.25, 0.3) is 11.0 Å². The predicted molar refractivity (Wildman–Crippen MR) is 208 cm³/mol. The van der Waals surface area contributed by atoms with Crippen LogP contribution in [0.4, 0.5) is 5.82 Å². The van der Waals surface area contributed by atoms with E-state index in [0.717, 1.165) is 79.2 Å². The molecule has 280 valence electrons. The number of hydrogen-bond acceptors (Lipinski definition) is 6. The molecule has 3 amide bonds. The minimum Gasteiger partial charge on any atom is -0.342 e. The van der Waals surface area contributed by atoms with Gasteiger partial charge in [0, 0.05) is 44.3 Å². The summed E-state index contributed by atoms with van der Waals surface area (Å²) >= 11 is 0. The lowest BCUT2D eigenvalue weighted by atomic mass is 9.83. The number of nitrogens with zero attached hydrogens (tertiary/aromatic N) is 6. The molecule has 3 saturated heterocycles. The zero-order chi connectivity index (χ0) is 37.4. The van der Waals surface area contributed by atoms with Crippen molar-refractivity contribution in [2.45, 2.75) is 98.2 Å². The minimum absolute atomic E-state index is 0.00606. The van der Waals surface area contributed by atoms with Crippen LogP contribution in [0.2, 0.25) is 0 Å². The van der Waals surface area contributed by atoms with Gasteiger partial charge < -0.3 is 4.90 Å². The number of aryl methyl sites for hydroxylation is 1. The maximum Gasteiger partial charge on any atom is 0.329 e. The van der Waals surface area contributed by atoms with E-state index in [1.54, 1.807) is 12.3 Å². The third-order valence-corrected chi connectivity index (χ3v) is 11.3. The van der Waals surface area contributed by atoms with Crippen molar-refractivity contribution in [3.8, 4) is 0 Å². The molecule has 0 bridgehead atoms. The van der Waals surface area contributed by atoms with E-state index >= 15 is 0 Å². The molecule has 4 aliphatic rings. The normalized spacial score (nSPS) is 21.6. The Morgan fingerprint density at radius 1 is 0.827 bits per heavy atom. The summed E-state index contributed by atoms with van der Waals surface area (Å²) < 4.78 is 3.99. The first kappa shape index (κ1) is 38.9. The van der Waals surface area contributed by atoms with E-state index in [-0.39, 0.29) is 35.4 Å². The summed E-state index contributed by atoms with van der Waals surface area (Å²) in [6.45, 7) is 19.8. The van der Waals surface area contributed by atoms with Crippen molar-refractivity contribution in [2.24, 2.45) is 23.7 Å². The average Bonchev–Trinajstić information content (AvgIpc) is 3.59. The minimum atomic E-state index is -0.626. The van der Waals surface area contributed by atoms with Crippen LogP contribution in [0.15, 0.2) is 72.7 Å². The summed E-state index contributed by atoms with van der Waals surface area (Å²) in [7, 11) is 0. The van der Waals surface area contributed by atoms with Gasteiger partial charge in [0.05, 0.1) is 22.9 Å². The van der Waals surface area contributed by atoms with Gasteiger partial charge in [-0.1, -0.05) is 71.2 Å². The zero-order valence-corrected chi connectivity index (χ0v) is 31.7. The number of carbonyl (C=O) groups is 3. The number of benzene rings is 1. The molecule has 52 heavy (non-hydrogen) atoms. The number of pyridine rings is 1. The molecule has 4 fully saturated rings. The van der Waals surface area contributed by atoms with Gasteiger partial charge in [0.15, 0.2) is 0 Å². The van der Waals surface area contributed by atoms with Crippen molar-refractivity contribution < 1.29 is 14.4 Å². The van der Waals surface area contributed by atoms with Gasteiger partial charge in [-0.3, -0.25) is 28.4 Å². The lowest BCUT2D eigenvalue weighted by Gasteiger charge is -2.37. The van der Waals surface area contributed by atoms with Gasteiger partial charge in [-0.15, -0.1) is 13.2 Å². The van der Waals surface area contributed by atoms with Crippen molar-refractivity contribution in [3.63, 3.8) is 0 Å². The quantitative estimate of drug-likeness (QED) is 0.166. The highest BCUT2D eigenvalue weighted by molar-refractivity contribution is 6.22. The lowest BCUT2D eigenvalue weighted by Crippen LogP contribution is -2.46. The molecule has 5 heterocycles. The molecular weight excluding hydrogens is 652 g/mol. The second-order valence-electron chi connectivity index (χ2n) is 14.0. The van der Waals surface area contributed by atoms with Gasteiger partial charge in [-0.05, 0) is 80.9 Å². The van der Waals surface area contributed by atoms with Gasteiger partial charge in [0.1, 0.15) is 5.82 Å². The molecule has 1 saturated carbocycles. The maximum absolute atomic E-state index is 13.7. The SMILES string of the molecule is C=CC1C(=O)N(c2cc(CN3CCC(C(=O)N4CCC(n5c(=O)n(CCC6CCC6)c6ccccc65)CC4)CC3)ccn2)C(=O)C1C=C.CC.CC. The standard InChI is InChI=1S/C38H46N6O4.2C2H6/c1-3-30-31(4-2)37(47)44(36(30)46)34-24-27(12-18-39-34)25-40-19-14-28(15-20-40)35(45)41-21-16-29(17-22-41)43-33-11-6-5-10-32(33)42(38(43)48)23-13-26-8-7-9-26;2*1-2/h3-6,10-12,18,24,26,28-31H,1-2,7-9,13-17,19-23,25H2;2*1-2H3. The van der Waals surface area contributed by atoms with Crippen LogP contribution in [0.3, 0.4) is 0 Å². The molecule has 2 atom stereocenters. The fourth-order valence-corrected chi connectivity index (χ4v) is 8.21. The zero-order valence-electron chi connectivity index (χ0n) is 31.7. The number of likely N-dealkylation sites (tertiary alicyclic amines) is 2. The Balaban J connectivity index is 0.00000126. The number of piperidine rings is 2. The monoisotopic (exact) mass is 710 g/mol. The van der Waals surface area contributed by atoms with Crippen molar-refractivity contribution in [2.75, 3.05) is 31.1 Å². The molecule has 1 aliphatic carbocycles. The number of anilines is 1. The van der Waals surface area contributed by atoms with E-state index in [4.69, 9.17) is 0 Å².